The Morgan fingerprint density at radius 1 is 1.12 bits per heavy atom. The average molecular weight is 515 g/mol. The second kappa shape index (κ2) is 9.10. The Morgan fingerprint density at radius 2 is 1.79 bits per heavy atom. The summed E-state index contributed by atoms with van der Waals surface area (Å²) >= 11 is 6.13. The number of sulfone groups is 1. The minimum absolute atomic E-state index is 0.0214. The summed E-state index contributed by atoms with van der Waals surface area (Å²) in [7, 11) is -3.43. The van der Waals surface area contributed by atoms with Crippen molar-refractivity contribution >= 4 is 38.8 Å². The van der Waals surface area contributed by atoms with Crippen LogP contribution in [0.5, 0.6) is 0 Å². The highest BCUT2D eigenvalue weighted by atomic mass is 35.5. The zero-order valence-electron chi connectivity index (χ0n) is 18.1. The number of fused-ring (bicyclic) bond motifs is 1. The molecule has 0 aliphatic heterocycles. The molecule has 3 aromatic rings. The third kappa shape index (κ3) is 5.30. The van der Waals surface area contributed by atoms with E-state index in [2.05, 4.69) is 15.6 Å². The number of alkyl halides is 3. The monoisotopic (exact) mass is 514 g/mol. The molecule has 1 fully saturated rings. The van der Waals surface area contributed by atoms with Gasteiger partial charge in [-0.25, -0.2) is 13.4 Å². The van der Waals surface area contributed by atoms with Crippen LogP contribution in [0.4, 0.5) is 19.0 Å². The highest BCUT2D eigenvalue weighted by Crippen LogP contribution is 2.30. The molecule has 182 valence electrons. The van der Waals surface area contributed by atoms with Gasteiger partial charge >= 0.3 is 6.18 Å². The average Bonchev–Trinajstić information content (AvgIpc) is 3.20. The maximum absolute atomic E-state index is 13.0. The first kappa shape index (κ1) is 24.3. The Balaban J connectivity index is 1.37. The van der Waals surface area contributed by atoms with E-state index in [1.165, 1.54) is 28.7 Å². The molecule has 0 saturated heterocycles. The maximum Gasteiger partial charge on any atom is 0.434 e. The van der Waals surface area contributed by atoms with Gasteiger partial charge in [0.05, 0.1) is 15.5 Å². The van der Waals surface area contributed by atoms with E-state index in [1.54, 1.807) is 12.1 Å². The minimum atomic E-state index is -4.52. The van der Waals surface area contributed by atoms with Crippen LogP contribution in [0.25, 0.3) is 5.65 Å². The van der Waals surface area contributed by atoms with E-state index in [9.17, 15) is 26.4 Å². The second-order valence-electron chi connectivity index (χ2n) is 8.34. The molecule has 0 bridgehead atoms. The Hall–Kier alpha value is -2.79. The predicted octanol–water partition coefficient (Wildman–Crippen LogP) is 4.56. The van der Waals surface area contributed by atoms with E-state index in [1.807, 2.05) is 0 Å². The number of anilines is 1. The van der Waals surface area contributed by atoms with Crippen molar-refractivity contribution in [1.82, 2.24) is 14.7 Å². The number of carbonyl (C=O) groups is 1. The van der Waals surface area contributed by atoms with E-state index in [4.69, 9.17) is 11.6 Å². The Kier molecular flexibility index (Phi) is 6.52. The Morgan fingerprint density at radius 3 is 2.41 bits per heavy atom. The molecule has 4 rings (SSSR count). The van der Waals surface area contributed by atoms with Gasteiger partial charge in [0.15, 0.2) is 15.5 Å². The van der Waals surface area contributed by atoms with Crippen molar-refractivity contribution in [3.63, 3.8) is 0 Å². The zero-order chi connectivity index (χ0) is 24.7. The smallest absolute Gasteiger partial charge is 0.368 e. The number of hydrogen-bond donors (Lipinski definition) is 2. The number of pyridine rings is 1. The third-order valence-electron chi connectivity index (χ3n) is 5.81. The van der Waals surface area contributed by atoms with Gasteiger partial charge in [-0.2, -0.15) is 13.2 Å². The minimum Gasteiger partial charge on any atom is -0.368 e. The van der Waals surface area contributed by atoms with Gasteiger partial charge in [-0.3, -0.25) is 9.20 Å². The first-order valence-corrected chi connectivity index (χ1v) is 12.8. The standard InChI is InChI=1S/C22H22ClF3N4O3S/c1-34(32,33)15-9-10-16(17(23)11-15)21(31)28-14-7-5-13(6-8-14)27-19-3-2-4-20-29-18(12-30(19)20)22(24,25)26/h2-4,9-14,27H,5-8H2,1H3,(H,28,31)/t13-,14+. The molecule has 0 spiro atoms. The number of nitrogens with one attached hydrogen (secondary N) is 2. The lowest BCUT2D eigenvalue weighted by atomic mass is 9.91. The van der Waals surface area contributed by atoms with Gasteiger partial charge in [0.1, 0.15) is 11.5 Å². The van der Waals surface area contributed by atoms with Crippen molar-refractivity contribution in [2.75, 3.05) is 11.6 Å². The number of rotatable bonds is 5. The third-order valence-corrected chi connectivity index (χ3v) is 7.23. The van der Waals surface area contributed by atoms with Crippen LogP contribution in [0.3, 0.4) is 0 Å². The molecule has 2 N–H and O–H groups in total. The van der Waals surface area contributed by atoms with Crippen LogP contribution in [0.15, 0.2) is 47.5 Å². The SMILES string of the molecule is CS(=O)(=O)c1ccc(C(=O)N[C@H]2CC[C@@H](Nc3cccc4nc(C(F)(F)F)cn34)CC2)c(Cl)c1. The largest absolute Gasteiger partial charge is 0.434 e. The van der Waals surface area contributed by atoms with Gasteiger partial charge in [0.2, 0.25) is 0 Å². The van der Waals surface area contributed by atoms with Crippen molar-refractivity contribution in [1.29, 1.82) is 0 Å². The van der Waals surface area contributed by atoms with Gasteiger partial charge in [0.25, 0.3) is 5.91 Å². The molecule has 7 nitrogen and oxygen atoms in total. The number of carbonyl (C=O) groups excluding carboxylic acids is 1. The summed E-state index contributed by atoms with van der Waals surface area (Å²) in [6.45, 7) is 0. The fraction of sp³-hybridized carbons (Fsp3) is 0.364. The van der Waals surface area contributed by atoms with Crippen molar-refractivity contribution < 1.29 is 26.4 Å². The molecule has 2 aromatic heterocycles. The van der Waals surface area contributed by atoms with Crippen LogP contribution in [0.2, 0.25) is 5.02 Å². The predicted molar refractivity (Wildman–Crippen MR) is 122 cm³/mol. The summed E-state index contributed by atoms with van der Waals surface area (Å²) in [5.74, 6) is 0.134. The summed E-state index contributed by atoms with van der Waals surface area (Å²) < 4.78 is 63.7. The number of benzene rings is 1. The number of nitrogens with zero attached hydrogens (tertiary/aromatic N) is 2. The highest BCUT2D eigenvalue weighted by molar-refractivity contribution is 7.90. The van der Waals surface area contributed by atoms with Crippen molar-refractivity contribution in [3.8, 4) is 0 Å². The molecule has 0 unspecified atom stereocenters. The summed E-state index contributed by atoms with van der Waals surface area (Å²) in [5.41, 5.74) is -0.546. The molecule has 2 heterocycles. The molecule has 1 aliphatic carbocycles. The van der Waals surface area contributed by atoms with Crippen molar-refractivity contribution in [2.24, 2.45) is 0 Å². The van der Waals surface area contributed by atoms with Gasteiger partial charge in [-0.1, -0.05) is 17.7 Å². The lowest BCUT2D eigenvalue weighted by Gasteiger charge is -2.30. The van der Waals surface area contributed by atoms with Gasteiger partial charge in [-0.05, 0) is 56.0 Å². The zero-order valence-corrected chi connectivity index (χ0v) is 19.6. The summed E-state index contributed by atoms with van der Waals surface area (Å²) in [6, 6.07) is 8.78. The Labute approximate surface area is 199 Å². The lowest BCUT2D eigenvalue weighted by molar-refractivity contribution is -0.140. The number of halogens is 4. The fourth-order valence-corrected chi connectivity index (χ4v) is 5.01. The van der Waals surface area contributed by atoms with Crippen LogP contribution in [0.1, 0.15) is 41.7 Å². The number of aromatic nitrogens is 2. The highest BCUT2D eigenvalue weighted by Gasteiger charge is 2.34. The van der Waals surface area contributed by atoms with E-state index in [0.29, 0.717) is 31.5 Å². The van der Waals surface area contributed by atoms with E-state index in [0.717, 1.165) is 12.5 Å². The van der Waals surface area contributed by atoms with E-state index < -0.39 is 21.7 Å². The molecular weight excluding hydrogens is 493 g/mol. The van der Waals surface area contributed by atoms with Crippen LogP contribution in [-0.2, 0) is 16.0 Å². The molecule has 1 aromatic carbocycles. The topological polar surface area (TPSA) is 92.6 Å². The van der Waals surface area contributed by atoms with Crippen molar-refractivity contribution in [2.45, 2.75) is 48.8 Å². The molecule has 1 aliphatic rings. The normalized spacial score (nSPS) is 19.2. The fourth-order valence-electron chi connectivity index (χ4n) is 4.03. The van der Waals surface area contributed by atoms with Gasteiger partial charge < -0.3 is 10.6 Å². The molecule has 1 saturated carbocycles. The number of hydrogen-bond acceptors (Lipinski definition) is 5. The molecule has 0 radical (unpaired) electrons. The first-order valence-electron chi connectivity index (χ1n) is 10.5. The van der Waals surface area contributed by atoms with Gasteiger partial charge in [-0.15, -0.1) is 0 Å². The Bertz CT molecular complexity index is 1330. The van der Waals surface area contributed by atoms with Crippen LogP contribution in [0, 0.1) is 0 Å². The maximum atomic E-state index is 13.0. The quantitative estimate of drug-likeness (QED) is 0.520. The van der Waals surface area contributed by atoms with Crippen molar-refractivity contribution in [3.05, 3.63) is 58.9 Å². The summed E-state index contributed by atoms with van der Waals surface area (Å²) in [5, 5.41) is 6.27. The number of amides is 1. The lowest BCUT2D eigenvalue weighted by Crippen LogP contribution is -2.40. The van der Waals surface area contributed by atoms with Crippen LogP contribution >= 0.6 is 11.6 Å². The van der Waals surface area contributed by atoms with Crippen LogP contribution < -0.4 is 10.6 Å². The molecule has 0 atom stereocenters. The van der Waals surface area contributed by atoms with Crippen LogP contribution in [-0.4, -0.2) is 42.0 Å². The van der Waals surface area contributed by atoms with E-state index >= 15 is 0 Å². The molecule has 34 heavy (non-hydrogen) atoms. The summed E-state index contributed by atoms with van der Waals surface area (Å²) in [4.78, 5) is 16.3. The van der Waals surface area contributed by atoms with Gasteiger partial charge in [0, 0.05) is 24.5 Å². The number of imidazole rings is 1. The molecule has 1 amide bonds. The van der Waals surface area contributed by atoms with E-state index in [-0.39, 0.29) is 39.1 Å². The second-order valence-corrected chi connectivity index (χ2v) is 10.8. The summed E-state index contributed by atoms with van der Waals surface area (Å²) in [6.07, 6.45) is 0.238. The molecular formula is C22H22ClF3N4O3S. The molecule has 12 heteroatoms. The first-order chi connectivity index (χ1) is 15.9.